The molecule has 0 radical (unpaired) electrons. The molecule has 25 heavy (non-hydrogen) atoms. The Kier molecular flexibility index (Phi) is 6.26. The molecule has 1 aromatic heterocycles. The molecule has 5 nitrogen and oxygen atoms in total. The molecule has 0 unspecified atom stereocenters. The topological polar surface area (TPSA) is 71.2 Å². The van der Waals surface area contributed by atoms with Crippen LogP contribution in [0.15, 0.2) is 18.2 Å². The third-order valence-corrected chi connectivity index (χ3v) is 4.49. The first-order valence-corrected chi connectivity index (χ1v) is 8.62. The second kappa shape index (κ2) is 8.21. The largest absolute Gasteiger partial charge is 0.462 e. The van der Waals surface area contributed by atoms with Crippen LogP contribution in [0.25, 0.3) is 0 Å². The average molecular weight is 363 g/mol. The van der Waals surface area contributed by atoms with Gasteiger partial charge in [-0.15, -0.1) is 0 Å². The first-order chi connectivity index (χ1) is 11.8. The number of hydrogen-bond acceptors (Lipinski definition) is 3. The van der Waals surface area contributed by atoms with E-state index in [1.54, 1.807) is 13.0 Å². The van der Waals surface area contributed by atoms with Gasteiger partial charge in [-0.3, -0.25) is 4.79 Å². The number of esters is 1. The molecular formula is C19H23ClN2O3. The van der Waals surface area contributed by atoms with Gasteiger partial charge in [0.05, 0.1) is 12.2 Å². The van der Waals surface area contributed by atoms with E-state index in [-0.39, 0.29) is 11.9 Å². The van der Waals surface area contributed by atoms with Crippen molar-refractivity contribution in [3.63, 3.8) is 0 Å². The summed E-state index contributed by atoms with van der Waals surface area (Å²) in [6, 6.07) is 5.42. The van der Waals surface area contributed by atoms with Crippen LogP contribution in [0.1, 0.15) is 46.2 Å². The summed E-state index contributed by atoms with van der Waals surface area (Å²) in [5.41, 5.74) is 4.66. The van der Waals surface area contributed by atoms with Crippen molar-refractivity contribution in [2.24, 2.45) is 0 Å². The molecule has 0 fully saturated rings. The molecule has 0 atom stereocenters. The Bertz CT molecular complexity index is 796. The van der Waals surface area contributed by atoms with E-state index < -0.39 is 0 Å². The van der Waals surface area contributed by atoms with Crippen LogP contribution in [0.4, 0.5) is 5.69 Å². The highest BCUT2D eigenvalue weighted by Gasteiger charge is 2.19. The third kappa shape index (κ3) is 4.63. The Balaban J connectivity index is 2.01. The number of amides is 1. The minimum atomic E-state index is -0.334. The Morgan fingerprint density at radius 1 is 1.24 bits per heavy atom. The fourth-order valence-electron chi connectivity index (χ4n) is 2.71. The molecule has 2 N–H and O–H groups in total. The molecule has 0 aliphatic rings. The minimum Gasteiger partial charge on any atom is -0.462 e. The summed E-state index contributed by atoms with van der Waals surface area (Å²) in [6.45, 7) is 7.71. The zero-order chi connectivity index (χ0) is 18.6. The fraction of sp³-hybridized carbons (Fsp3) is 0.368. The Morgan fingerprint density at radius 3 is 2.60 bits per heavy atom. The van der Waals surface area contributed by atoms with Crippen molar-refractivity contribution in [3.8, 4) is 0 Å². The van der Waals surface area contributed by atoms with E-state index in [9.17, 15) is 9.59 Å². The van der Waals surface area contributed by atoms with Crippen LogP contribution in [0.2, 0.25) is 5.02 Å². The number of carbonyl (C=O) groups is 2. The van der Waals surface area contributed by atoms with E-state index in [1.165, 1.54) is 0 Å². The second-order valence-electron chi connectivity index (χ2n) is 5.96. The number of hydrogen-bond donors (Lipinski definition) is 2. The summed E-state index contributed by atoms with van der Waals surface area (Å²) in [5.74, 6) is -0.442. The van der Waals surface area contributed by atoms with Crippen molar-refractivity contribution in [3.05, 3.63) is 51.3 Å². The highest BCUT2D eigenvalue weighted by molar-refractivity contribution is 6.31. The number of anilines is 1. The van der Waals surface area contributed by atoms with E-state index in [0.717, 1.165) is 22.5 Å². The lowest BCUT2D eigenvalue weighted by atomic mass is 10.1. The zero-order valence-corrected chi connectivity index (χ0v) is 15.7. The molecule has 134 valence electrons. The van der Waals surface area contributed by atoms with E-state index in [0.29, 0.717) is 35.7 Å². The van der Waals surface area contributed by atoms with Gasteiger partial charge in [0.25, 0.3) is 0 Å². The normalized spacial score (nSPS) is 10.6. The van der Waals surface area contributed by atoms with E-state index in [2.05, 4.69) is 10.3 Å². The molecule has 1 heterocycles. The van der Waals surface area contributed by atoms with Gasteiger partial charge in [-0.2, -0.15) is 0 Å². The average Bonchev–Trinajstić information content (AvgIpc) is 2.83. The van der Waals surface area contributed by atoms with Crippen molar-refractivity contribution in [2.45, 2.75) is 40.5 Å². The van der Waals surface area contributed by atoms with E-state index in [4.69, 9.17) is 16.3 Å². The van der Waals surface area contributed by atoms with Crippen LogP contribution in [0.5, 0.6) is 0 Å². The highest BCUT2D eigenvalue weighted by Crippen LogP contribution is 2.22. The van der Waals surface area contributed by atoms with Crippen molar-refractivity contribution in [2.75, 3.05) is 11.9 Å². The quantitative estimate of drug-likeness (QED) is 0.751. The molecule has 0 saturated heterocycles. The van der Waals surface area contributed by atoms with Gasteiger partial charge in [-0.05, 0) is 57.4 Å². The third-order valence-electron chi connectivity index (χ3n) is 4.08. The summed E-state index contributed by atoms with van der Waals surface area (Å²) in [4.78, 5) is 27.4. The van der Waals surface area contributed by atoms with Crippen molar-refractivity contribution >= 4 is 29.2 Å². The number of rotatable bonds is 6. The van der Waals surface area contributed by atoms with Gasteiger partial charge in [0.15, 0.2) is 0 Å². The molecule has 1 aromatic carbocycles. The molecule has 1 amide bonds. The lowest BCUT2D eigenvalue weighted by molar-refractivity contribution is -0.116. The monoisotopic (exact) mass is 362 g/mol. The van der Waals surface area contributed by atoms with E-state index in [1.807, 2.05) is 32.9 Å². The summed E-state index contributed by atoms with van der Waals surface area (Å²) < 4.78 is 5.08. The van der Waals surface area contributed by atoms with Crippen LogP contribution in [-0.2, 0) is 16.0 Å². The Hall–Kier alpha value is -2.27. The molecule has 6 heteroatoms. The van der Waals surface area contributed by atoms with Gasteiger partial charge < -0.3 is 15.0 Å². The van der Waals surface area contributed by atoms with Crippen LogP contribution in [0.3, 0.4) is 0 Å². The maximum Gasteiger partial charge on any atom is 0.340 e. The number of benzene rings is 1. The highest BCUT2D eigenvalue weighted by atomic mass is 35.5. The molecule has 2 aromatic rings. The van der Waals surface area contributed by atoms with Gasteiger partial charge in [-0.1, -0.05) is 17.7 Å². The summed E-state index contributed by atoms with van der Waals surface area (Å²) >= 11 is 6.07. The smallest absolute Gasteiger partial charge is 0.340 e. The van der Waals surface area contributed by atoms with Gasteiger partial charge in [0.2, 0.25) is 5.91 Å². The number of halogens is 1. The first kappa shape index (κ1) is 19.1. The Labute approximate surface area is 152 Å². The number of aromatic nitrogens is 1. The SMILES string of the molecule is CCOC(=O)c1c(C)[nH]c(CCC(=O)Nc2ccc(C)c(Cl)c2)c1C. The molecule has 0 aliphatic heterocycles. The van der Waals surface area contributed by atoms with E-state index >= 15 is 0 Å². The lowest BCUT2D eigenvalue weighted by Crippen LogP contribution is -2.13. The molecule has 0 spiro atoms. The molecule has 0 saturated carbocycles. The van der Waals surface area contributed by atoms with Gasteiger partial charge in [0, 0.05) is 28.5 Å². The fourth-order valence-corrected chi connectivity index (χ4v) is 2.89. The number of nitrogens with one attached hydrogen (secondary N) is 2. The number of aromatic amines is 1. The molecule has 0 bridgehead atoms. The maximum absolute atomic E-state index is 12.2. The predicted octanol–water partition coefficient (Wildman–Crippen LogP) is 4.34. The van der Waals surface area contributed by atoms with Gasteiger partial charge in [0.1, 0.15) is 0 Å². The van der Waals surface area contributed by atoms with Crippen LogP contribution in [-0.4, -0.2) is 23.5 Å². The van der Waals surface area contributed by atoms with Gasteiger partial charge in [-0.25, -0.2) is 4.79 Å². The van der Waals surface area contributed by atoms with Crippen molar-refractivity contribution in [1.29, 1.82) is 0 Å². The lowest BCUT2D eigenvalue weighted by Gasteiger charge is -2.07. The van der Waals surface area contributed by atoms with Crippen LogP contribution in [0, 0.1) is 20.8 Å². The zero-order valence-electron chi connectivity index (χ0n) is 15.0. The molecule has 2 rings (SSSR count). The second-order valence-corrected chi connectivity index (χ2v) is 6.37. The minimum absolute atomic E-state index is 0.107. The maximum atomic E-state index is 12.2. The number of aryl methyl sites for hydroxylation is 3. The standard InChI is InChI=1S/C19H23ClN2O3/c1-5-25-19(24)18-12(3)16(21-13(18)4)8-9-17(23)22-14-7-6-11(2)15(20)10-14/h6-7,10,21H,5,8-9H2,1-4H3,(H,22,23). The summed E-state index contributed by atoms with van der Waals surface area (Å²) in [5, 5.41) is 3.45. The summed E-state index contributed by atoms with van der Waals surface area (Å²) in [6.07, 6.45) is 0.812. The van der Waals surface area contributed by atoms with Gasteiger partial charge >= 0.3 is 5.97 Å². The molecular weight excluding hydrogens is 340 g/mol. The van der Waals surface area contributed by atoms with Crippen molar-refractivity contribution in [1.82, 2.24) is 4.98 Å². The van der Waals surface area contributed by atoms with Crippen molar-refractivity contribution < 1.29 is 14.3 Å². The first-order valence-electron chi connectivity index (χ1n) is 8.24. The Morgan fingerprint density at radius 2 is 1.96 bits per heavy atom. The van der Waals surface area contributed by atoms with Crippen LogP contribution >= 0.6 is 11.6 Å². The number of H-pyrrole nitrogens is 1. The predicted molar refractivity (Wildman–Crippen MR) is 99.4 cm³/mol. The number of carbonyl (C=O) groups excluding carboxylic acids is 2. The number of ether oxygens (including phenoxy) is 1. The molecule has 0 aliphatic carbocycles. The van der Waals surface area contributed by atoms with Crippen LogP contribution < -0.4 is 5.32 Å². The summed E-state index contributed by atoms with van der Waals surface area (Å²) in [7, 11) is 0.